The fraction of sp³-hybridized carbons (Fsp3) is 0.579. The Hall–Kier alpha value is -1.04. The summed E-state index contributed by atoms with van der Waals surface area (Å²) < 4.78 is 0. The minimum atomic E-state index is 0.293. The lowest BCUT2D eigenvalue weighted by molar-refractivity contribution is 0.303. The Labute approximate surface area is 117 Å². The minimum Gasteiger partial charge on any atom is -0.0619 e. The van der Waals surface area contributed by atoms with Crippen molar-refractivity contribution in [3.05, 3.63) is 41.0 Å². The quantitative estimate of drug-likeness (QED) is 0.594. The maximum absolute atomic E-state index is 2.48. The normalized spacial score (nSPS) is 24.2. The number of rotatable bonds is 1. The van der Waals surface area contributed by atoms with E-state index >= 15 is 0 Å². The van der Waals surface area contributed by atoms with Crippen LogP contribution in [0.25, 0.3) is 6.08 Å². The van der Waals surface area contributed by atoms with Crippen LogP contribution in [0, 0.1) is 11.3 Å². The Morgan fingerprint density at radius 2 is 1.63 bits per heavy atom. The molecule has 19 heavy (non-hydrogen) atoms. The van der Waals surface area contributed by atoms with Gasteiger partial charge in [-0.2, -0.15) is 0 Å². The molecule has 0 saturated heterocycles. The monoisotopic (exact) mass is 254 g/mol. The van der Waals surface area contributed by atoms with Gasteiger partial charge in [0.2, 0.25) is 0 Å². The van der Waals surface area contributed by atoms with Crippen LogP contribution in [0.5, 0.6) is 0 Å². The standard InChI is InChI=1S/C19H26/c1-19(2,3)17-13-15-11-7-8-12-16(15)18(17)14-9-5-4-6-10-14/h7-8,11-14,18H,4-6,9-10H2,1-3H3. The van der Waals surface area contributed by atoms with E-state index in [1.807, 2.05) is 0 Å². The van der Waals surface area contributed by atoms with Gasteiger partial charge in [0, 0.05) is 5.92 Å². The van der Waals surface area contributed by atoms with Crippen LogP contribution < -0.4 is 0 Å². The van der Waals surface area contributed by atoms with Crippen molar-refractivity contribution in [3.63, 3.8) is 0 Å². The first-order valence-electron chi connectivity index (χ1n) is 7.88. The first-order chi connectivity index (χ1) is 9.07. The second-order valence-corrected chi connectivity index (χ2v) is 7.35. The average molecular weight is 254 g/mol. The van der Waals surface area contributed by atoms with Gasteiger partial charge in [-0.05, 0) is 35.3 Å². The van der Waals surface area contributed by atoms with Crippen LogP contribution in [0.15, 0.2) is 29.8 Å². The fourth-order valence-electron chi connectivity index (χ4n) is 4.01. The van der Waals surface area contributed by atoms with E-state index < -0.39 is 0 Å². The highest BCUT2D eigenvalue weighted by Crippen LogP contribution is 2.51. The topological polar surface area (TPSA) is 0 Å². The zero-order valence-electron chi connectivity index (χ0n) is 12.6. The molecule has 1 saturated carbocycles. The summed E-state index contributed by atoms with van der Waals surface area (Å²) in [5.41, 5.74) is 5.03. The summed E-state index contributed by atoms with van der Waals surface area (Å²) >= 11 is 0. The highest BCUT2D eigenvalue weighted by molar-refractivity contribution is 5.67. The molecule has 0 bridgehead atoms. The van der Waals surface area contributed by atoms with Gasteiger partial charge < -0.3 is 0 Å². The van der Waals surface area contributed by atoms with Crippen molar-refractivity contribution < 1.29 is 0 Å². The molecular weight excluding hydrogens is 228 g/mol. The first-order valence-corrected chi connectivity index (χ1v) is 7.88. The summed E-state index contributed by atoms with van der Waals surface area (Å²) in [5, 5.41) is 0. The second-order valence-electron chi connectivity index (χ2n) is 7.35. The van der Waals surface area contributed by atoms with Gasteiger partial charge in [-0.25, -0.2) is 0 Å². The van der Waals surface area contributed by atoms with E-state index in [2.05, 4.69) is 51.1 Å². The van der Waals surface area contributed by atoms with E-state index in [1.165, 1.54) is 37.7 Å². The summed E-state index contributed by atoms with van der Waals surface area (Å²) in [5.74, 6) is 1.57. The first kappa shape index (κ1) is 13.0. The number of allylic oxidation sites excluding steroid dienone is 1. The van der Waals surface area contributed by atoms with Crippen molar-refractivity contribution in [2.45, 2.75) is 58.8 Å². The molecule has 3 rings (SSSR count). The van der Waals surface area contributed by atoms with Crippen molar-refractivity contribution in [3.8, 4) is 0 Å². The van der Waals surface area contributed by atoms with Gasteiger partial charge in [0.25, 0.3) is 0 Å². The Morgan fingerprint density at radius 3 is 2.32 bits per heavy atom. The van der Waals surface area contributed by atoms with Crippen LogP contribution in [0.3, 0.4) is 0 Å². The molecule has 0 heteroatoms. The van der Waals surface area contributed by atoms with Crippen molar-refractivity contribution in [1.29, 1.82) is 0 Å². The van der Waals surface area contributed by atoms with Gasteiger partial charge in [0.15, 0.2) is 0 Å². The van der Waals surface area contributed by atoms with E-state index in [0.717, 1.165) is 5.92 Å². The molecule has 0 nitrogen and oxygen atoms in total. The van der Waals surface area contributed by atoms with Crippen molar-refractivity contribution in [2.24, 2.45) is 11.3 Å². The molecule has 2 aliphatic rings. The average Bonchev–Trinajstić information content (AvgIpc) is 2.79. The number of fused-ring (bicyclic) bond motifs is 1. The number of benzene rings is 1. The van der Waals surface area contributed by atoms with Gasteiger partial charge in [-0.3, -0.25) is 0 Å². The van der Waals surface area contributed by atoms with E-state index in [9.17, 15) is 0 Å². The summed E-state index contributed by atoms with van der Waals surface area (Å²) in [6.45, 7) is 7.13. The molecule has 0 aromatic heterocycles. The molecule has 102 valence electrons. The Kier molecular flexibility index (Phi) is 3.28. The lowest BCUT2D eigenvalue weighted by Gasteiger charge is -2.35. The van der Waals surface area contributed by atoms with Crippen molar-refractivity contribution in [1.82, 2.24) is 0 Å². The third kappa shape index (κ3) is 2.38. The van der Waals surface area contributed by atoms with Gasteiger partial charge in [0.1, 0.15) is 0 Å². The summed E-state index contributed by atoms with van der Waals surface area (Å²) in [4.78, 5) is 0. The molecule has 0 heterocycles. The third-order valence-corrected chi connectivity index (χ3v) is 4.96. The summed E-state index contributed by atoms with van der Waals surface area (Å²) in [7, 11) is 0. The lowest BCUT2D eigenvalue weighted by Crippen LogP contribution is -2.22. The molecule has 2 aliphatic carbocycles. The molecular formula is C19H26. The van der Waals surface area contributed by atoms with Crippen molar-refractivity contribution >= 4 is 6.08 Å². The molecule has 1 atom stereocenters. The molecule has 0 radical (unpaired) electrons. The highest BCUT2D eigenvalue weighted by Gasteiger charge is 2.37. The maximum Gasteiger partial charge on any atom is 0.00909 e. The summed E-state index contributed by atoms with van der Waals surface area (Å²) in [6.07, 6.45) is 9.63. The predicted molar refractivity (Wildman–Crippen MR) is 83.2 cm³/mol. The molecule has 0 N–H and O–H groups in total. The molecule has 1 unspecified atom stereocenters. The van der Waals surface area contributed by atoms with Crippen LogP contribution in [-0.4, -0.2) is 0 Å². The van der Waals surface area contributed by atoms with Crippen LogP contribution in [0.4, 0.5) is 0 Å². The molecule has 1 fully saturated rings. The van der Waals surface area contributed by atoms with E-state index in [4.69, 9.17) is 0 Å². The highest BCUT2D eigenvalue weighted by atomic mass is 14.4. The SMILES string of the molecule is CC(C)(C)C1=Cc2ccccc2C1C1CCCCC1. The zero-order chi connectivity index (χ0) is 13.5. The summed E-state index contributed by atoms with van der Waals surface area (Å²) in [6, 6.07) is 9.06. The van der Waals surface area contributed by atoms with Gasteiger partial charge >= 0.3 is 0 Å². The van der Waals surface area contributed by atoms with Gasteiger partial charge in [-0.1, -0.05) is 75.9 Å². The van der Waals surface area contributed by atoms with Crippen LogP contribution >= 0.6 is 0 Å². The largest absolute Gasteiger partial charge is 0.0619 e. The molecule has 0 amide bonds. The van der Waals surface area contributed by atoms with Crippen LogP contribution in [0.2, 0.25) is 0 Å². The Balaban J connectivity index is 2.00. The third-order valence-electron chi connectivity index (χ3n) is 4.96. The van der Waals surface area contributed by atoms with Gasteiger partial charge in [0.05, 0.1) is 0 Å². The Bertz CT molecular complexity index is 481. The van der Waals surface area contributed by atoms with Gasteiger partial charge in [-0.15, -0.1) is 0 Å². The van der Waals surface area contributed by atoms with E-state index in [0.29, 0.717) is 11.3 Å². The predicted octanol–water partition coefficient (Wildman–Crippen LogP) is 5.79. The number of hydrogen-bond acceptors (Lipinski definition) is 0. The smallest absolute Gasteiger partial charge is 0.00909 e. The fourth-order valence-corrected chi connectivity index (χ4v) is 4.01. The zero-order valence-corrected chi connectivity index (χ0v) is 12.6. The molecule has 1 aromatic rings. The van der Waals surface area contributed by atoms with Crippen LogP contribution in [0.1, 0.15) is 69.9 Å². The van der Waals surface area contributed by atoms with E-state index in [-0.39, 0.29) is 0 Å². The molecule has 0 aliphatic heterocycles. The second kappa shape index (κ2) is 4.81. The Morgan fingerprint density at radius 1 is 0.947 bits per heavy atom. The maximum atomic E-state index is 2.48. The molecule has 1 aromatic carbocycles. The minimum absolute atomic E-state index is 0.293. The number of hydrogen-bond donors (Lipinski definition) is 0. The lowest BCUT2D eigenvalue weighted by atomic mass is 9.69. The van der Waals surface area contributed by atoms with Crippen molar-refractivity contribution in [2.75, 3.05) is 0 Å². The molecule has 0 spiro atoms. The van der Waals surface area contributed by atoms with E-state index in [1.54, 1.807) is 11.1 Å². The van der Waals surface area contributed by atoms with Crippen LogP contribution in [-0.2, 0) is 0 Å².